The maximum Gasteiger partial charge on any atom is 0.226 e. The van der Waals surface area contributed by atoms with E-state index in [9.17, 15) is 4.79 Å². The van der Waals surface area contributed by atoms with Crippen LogP contribution in [0.4, 0.5) is 0 Å². The number of ketones is 1. The summed E-state index contributed by atoms with van der Waals surface area (Å²) < 4.78 is 14.3. The van der Waals surface area contributed by atoms with Crippen LogP contribution in [0.15, 0.2) is 132 Å². The summed E-state index contributed by atoms with van der Waals surface area (Å²) in [5, 5.41) is 11.1. The Morgan fingerprint density at radius 3 is 2.32 bits per heavy atom. The molecule has 1 atom stereocenters. The van der Waals surface area contributed by atoms with Crippen molar-refractivity contribution in [1.82, 2.24) is 19.7 Å². The number of carbonyl (C=O) groups is 1. The summed E-state index contributed by atoms with van der Waals surface area (Å²) >= 11 is 1.67. The zero-order chi connectivity index (χ0) is 34.3. The molecule has 7 rings (SSSR count). The van der Waals surface area contributed by atoms with E-state index in [-0.39, 0.29) is 11.7 Å². The lowest BCUT2D eigenvalue weighted by atomic mass is 9.92. The number of carbonyl (C=O) groups excluding carboxylic acids is 1. The van der Waals surface area contributed by atoms with Gasteiger partial charge in [0.1, 0.15) is 21.5 Å². The second-order valence-corrected chi connectivity index (χ2v) is 13.3. The average molecular weight is 679 g/mol. The summed E-state index contributed by atoms with van der Waals surface area (Å²) in [6, 6.07) is 39.7. The van der Waals surface area contributed by atoms with Crippen molar-refractivity contribution in [3.8, 4) is 22.9 Å². The number of aromatic nitrogens is 4. The van der Waals surface area contributed by atoms with Crippen molar-refractivity contribution in [2.24, 2.45) is 0 Å². The molecule has 0 aliphatic carbocycles. The van der Waals surface area contributed by atoms with Crippen LogP contribution in [0.1, 0.15) is 67.9 Å². The number of benzene rings is 4. The SMILES string of the molecule is CCCc1nnc(CC(c2ccc(OCCc3nc(-c4ccccc4)oc3C)cc2)c2cccn2-c2ccccc2C(=O)c2ccccc2)s1. The second-order valence-electron chi connectivity index (χ2n) is 12.2. The van der Waals surface area contributed by atoms with Gasteiger partial charge in [0.2, 0.25) is 5.89 Å². The molecule has 4 aromatic carbocycles. The molecule has 7 nitrogen and oxygen atoms in total. The molecule has 0 amide bonds. The van der Waals surface area contributed by atoms with Gasteiger partial charge in [-0.1, -0.05) is 79.7 Å². The molecule has 0 N–H and O–H groups in total. The maximum absolute atomic E-state index is 13.7. The van der Waals surface area contributed by atoms with Gasteiger partial charge in [0.05, 0.1) is 18.0 Å². The first-order valence-electron chi connectivity index (χ1n) is 17.0. The number of rotatable bonds is 14. The van der Waals surface area contributed by atoms with Crippen LogP contribution in [-0.4, -0.2) is 32.1 Å². The van der Waals surface area contributed by atoms with Crippen molar-refractivity contribution >= 4 is 17.1 Å². The summed E-state index contributed by atoms with van der Waals surface area (Å²) in [6.45, 7) is 4.58. The van der Waals surface area contributed by atoms with Gasteiger partial charge in [0.15, 0.2) is 5.78 Å². The molecule has 0 saturated heterocycles. The fraction of sp³-hybridized carbons (Fsp3) is 0.190. The van der Waals surface area contributed by atoms with Crippen molar-refractivity contribution in [3.63, 3.8) is 0 Å². The second kappa shape index (κ2) is 15.3. The van der Waals surface area contributed by atoms with Gasteiger partial charge in [-0.15, -0.1) is 21.5 Å². The highest BCUT2D eigenvalue weighted by atomic mass is 32.1. The van der Waals surface area contributed by atoms with Gasteiger partial charge >= 0.3 is 0 Å². The minimum absolute atomic E-state index is 0.00987. The highest BCUT2D eigenvalue weighted by Gasteiger charge is 2.24. The first-order chi connectivity index (χ1) is 24.6. The summed E-state index contributed by atoms with van der Waals surface area (Å²) in [5.74, 6) is 2.16. The van der Waals surface area contributed by atoms with E-state index in [1.807, 2.05) is 116 Å². The minimum Gasteiger partial charge on any atom is -0.493 e. The van der Waals surface area contributed by atoms with Gasteiger partial charge in [-0.3, -0.25) is 4.79 Å². The Morgan fingerprint density at radius 1 is 0.820 bits per heavy atom. The van der Waals surface area contributed by atoms with E-state index in [0.717, 1.165) is 62.6 Å². The molecule has 8 heteroatoms. The molecular formula is C42H38N4O3S. The first kappa shape index (κ1) is 32.9. The van der Waals surface area contributed by atoms with Crippen molar-refractivity contribution in [2.75, 3.05) is 6.61 Å². The molecule has 7 aromatic rings. The number of hydrogen-bond donors (Lipinski definition) is 0. The standard InChI is InChI=1S/C42H38N4O3S/c1-3-13-39-44-45-40(50-39)28-35(38-20-12-26-46(38)37-19-11-10-18-34(37)41(47)31-14-6-4-7-15-31)30-21-23-33(24-22-30)48-27-25-36-29(2)49-42(43-36)32-16-8-5-9-17-32/h4-12,14-24,26,35H,3,13,25,27-28H2,1-2H3. The molecule has 0 aliphatic heterocycles. The zero-order valence-electron chi connectivity index (χ0n) is 28.2. The molecule has 3 aromatic heterocycles. The molecule has 1 unspecified atom stereocenters. The third kappa shape index (κ3) is 7.36. The van der Waals surface area contributed by atoms with Crippen molar-refractivity contribution in [3.05, 3.63) is 171 Å². The quantitative estimate of drug-likeness (QED) is 0.107. The smallest absolute Gasteiger partial charge is 0.226 e. The largest absolute Gasteiger partial charge is 0.493 e. The highest BCUT2D eigenvalue weighted by Crippen LogP contribution is 2.34. The molecular weight excluding hydrogens is 641 g/mol. The van der Waals surface area contributed by atoms with Crippen LogP contribution in [-0.2, 0) is 19.3 Å². The normalized spacial score (nSPS) is 11.8. The van der Waals surface area contributed by atoms with E-state index in [2.05, 4.69) is 39.9 Å². The van der Waals surface area contributed by atoms with Crippen LogP contribution in [0.2, 0.25) is 0 Å². The van der Waals surface area contributed by atoms with Crippen LogP contribution in [0.5, 0.6) is 5.75 Å². The monoisotopic (exact) mass is 678 g/mol. The van der Waals surface area contributed by atoms with Gasteiger partial charge in [0.25, 0.3) is 0 Å². The average Bonchev–Trinajstić information content (AvgIpc) is 3.92. The van der Waals surface area contributed by atoms with Crippen molar-refractivity contribution in [1.29, 1.82) is 0 Å². The number of para-hydroxylation sites is 1. The molecule has 3 heterocycles. The van der Waals surface area contributed by atoms with Crippen LogP contribution < -0.4 is 4.74 Å². The number of oxazole rings is 1. The Morgan fingerprint density at radius 2 is 1.54 bits per heavy atom. The molecule has 50 heavy (non-hydrogen) atoms. The van der Waals surface area contributed by atoms with E-state index in [4.69, 9.17) is 14.1 Å². The lowest BCUT2D eigenvalue weighted by molar-refractivity contribution is 0.103. The third-order valence-corrected chi connectivity index (χ3v) is 9.74. The summed E-state index contributed by atoms with van der Waals surface area (Å²) in [7, 11) is 0. The van der Waals surface area contributed by atoms with Gasteiger partial charge < -0.3 is 13.7 Å². The van der Waals surface area contributed by atoms with Gasteiger partial charge in [0, 0.05) is 53.8 Å². The van der Waals surface area contributed by atoms with Crippen molar-refractivity contribution < 1.29 is 13.9 Å². The highest BCUT2D eigenvalue weighted by molar-refractivity contribution is 7.11. The lowest BCUT2D eigenvalue weighted by Crippen LogP contribution is -2.13. The molecule has 0 fully saturated rings. The summed E-state index contributed by atoms with van der Waals surface area (Å²) in [4.78, 5) is 18.4. The number of ether oxygens (including phenoxy) is 1. The Kier molecular flexibility index (Phi) is 10.1. The van der Waals surface area contributed by atoms with Crippen LogP contribution in [0, 0.1) is 6.92 Å². The van der Waals surface area contributed by atoms with E-state index < -0.39 is 0 Å². The van der Waals surface area contributed by atoms with Crippen LogP contribution in [0.3, 0.4) is 0 Å². The van der Waals surface area contributed by atoms with Gasteiger partial charge in [-0.05, 0) is 67.4 Å². The summed E-state index contributed by atoms with van der Waals surface area (Å²) in [6.07, 6.45) is 5.29. The third-order valence-electron chi connectivity index (χ3n) is 8.74. The van der Waals surface area contributed by atoms with Crippen LogP contribution >= 0.6 is 11.3 Å². The zero-order valence-corrected chi connectivity index (χ0v) is 29.0. The predicted octanol–water partition coefficient (Wildman–Crippen LogP) is 9.47. The fourth-order valence-corrected chi connectivity index (χ4v) is 7.19. The number of aryl methyl sites for hydroxylation is 2. The minimum atomic E-state index is -0.0458. The Hall–Kier alpha value is -5.60. The Bertz CT molecular complexity index is 2170. The van der Waals surface area contributed by atoms with E-state index in [1.54, 1.807) is 11.3 Å². The molecule has 0 aliphatic rings. The van der Waals surface area contributed by atoms with Gasteiger partial charge in [-0.2, -0.15) is 0 Å². The molecule has 250 valence electrons. The molecule has 0 saturated carbocycles. The van der Waals surface area contributed by atoms with E-state index in [0.29, 0.717) is 36.5 Å². The van der Waals surface area contributed by atoms with E-state index in [1.165, 1.54) is 0 Å². The maximum atomic E-state index is 13.7. The van der Waals surface area contributed by atoms with Crippen LogP contribution in [0.25, 0.3) is 17.1 Å². The predicted molar refractivity (Wildman–Crippen MR) is 197 cm³/mol. The fourth-order valence-electron chi connectivity index (χ4n) is 6.20. The molecule has 0 radical (unpaired) electrons. The van der Waals surface area contributed by atoms with Crippen molar-refractivity contribution in [2.45, 2.75) is 45.4 Å². The van der Waals surface area contributed by atoms with Gasteiger partial charge in [-0.25, -0.2) is 4.98 Å². The number of hydrogen-bond acceptors (Lipinski definition) is 7. The Labute approximate surface area is 296 Å². The number of nitrogens with zero attached hydrogens (tertiary/aromatic N) is 4. The molecule has 0 bridgehead atoms. The Balaban J connectivity index is 1.14. The lowest BCUT2D eigenvalue weighted by Gasteiger charge is -2.21. The van der Waals surface area contributed by atoms with E-state index >= 15 is 0 Å². The summed E-state index contributed by atoms with van der Waals surface area (Å²) in [5.41, 5.74) is 6.19. The molecule has 0 spiro atoms. The first-order valence-corrected chi connectivity index (χ1v) is 17.8. The topological polar surface area (TPSA) is 83.0 Å².